The molecule has 0 amide bonds. The van der Waals surface area contributed by atoms with Crippen molar-refractivity contribution in [3.05, 3.63) is 30.0 Å². The van der Waals surface area contributed by atoms with Crippen LogP contribution in [-0.2, 0) is 0 Å². The summed E-state index contributed by atoms with van der Waals surface area (Å²) in [7, 11) is 0. The molecule has 2 rings (SSSR count). The average Bonchev–Trinajstić information content (AvgIpc) is 2.70. The second kappa shape index (κ2) is 4.65. The molecule has 98 valence electrons. The Balaban J connectivity index is 2.38. The summed E-state index contributed by atoms with van der Waals surface area (Å²) in [6.07, 6.45) is 0. The van der Waals surface area contributed by atoms with Crippen LogP contribution in [0.25, 0.3) is 11.0 Å². The number of hydrogen-bond donors (Lipinski definition) is 1. The number of benzene rings is 1. The van der Waals surface area contributed by atoms with Crippen LogP contribution < -0.4 is 10.5 Å². The Bertz CT molecular complexity index is 537. The van der Waals surface area contributed by atoms with Crippen LogP contribution >= 0.6 is 0 Å². The number of hydrogen-bond acceptors (Lipinski definition) is 3. The summed E-state index contributed by atoms with van der Waals surface area (Å²) in [6, 6.07) is 7.73. The highest BCUT2D eigenvalue weighted by Gasteiger charge is 2.25. The van der Waals surface area contributed by atoms with Crippen LogP contribution in [-0.4, -0.2) is 6.61 Å². The Morgan fingerprint density at radius 1 is 1.28 bits per heavy atom. The third-order valence-corrected chi connectivity index (χ3v) is 3.06. The van der Waals surface area contributed by atoms with Crippen LogP contribution in [0.5, 0.6) is 5.75 Å². The van der Waals surface area contributed by atoms with Gasteiger partial charge in [0.25, 0.3) is 0 Å². The van der Waals surface area contributed by atoms with Crippen LogP contribution in [0.1, 0.15) is 39.5 Å². The fourth-order valence-corrected chi connectivity index (χ4v) is 1.88. The normalized spacial score (nSPS) is 13.8. The standard InChI is InChI=1S/C15H21NO2/c1-5-17-11-6-7-12-10(8-11)9-13(18-12)14(16)15(2,3)4/h6-9,14H,5,16H2,1-4H3. The molecule has 0 aliphatic carbocycles. The van der Waals surface area contributed by atoms with Crippen molar-refractivity contribution in [2.45, 2.75) is 33.7 Å². The highest BCUT2D eigenvalue weighted by Crippen LogP contribution is 2.34. The van der Waals surface area contributed by atoms with Crippen molar-refractivity contribution in [1.82, 2.24) is 0 Å². The van der Waals surface area contributed by atoms with Crippen LogP contribution in [0.3, 0.4) is 0 Å². The Kier molecular flexibility index (Phi) is 3.35. The van der Waals surface area contributed by atoms with E-state index >= 15 is 0 Å². The van der Waals surface area contributed by atoms with Crippen molar-refractivity contribution >= 4 is 11.0 Å². The van der Waals surface area contributed by atoms with E-state index in [0.717, 1.165) is 22.5 Å². The predicted octanol–water partition coefficient (Wildman–Crippen LogP) is 3.88. The lowest BCUT2D eigenvalue weighted by atomic mass is 9.86. The number of fused-ring (bicyclic) bond motifs is 1. The molecule has 2 aromatic rings. The lowest BCUT2D eigenvalue weighted by Crippen LogP contribution is -2.25. The van der Waals surface area contributed by atoms with Crippen molar-refractivity contribution in [3.63, 3.8) is 0 Å². The molecule has 1 unspecified atom stereocenters. The van der Waals surface area contributed by atoms with Gasteiger partial charge in [-0.3, -0.25) is 0 Å². The molecule has 1 heterocycles. The van der Waals surface area contributed by atoms with Crippen LogP contribution in [0.15, 0.2) is 28.7 Å². The van der Waals surface area contributed by atoms with E-state index < -0.39 is 0 Å². The summed E-state index contributed by atoms with van der Waals surface area (Å²) in [5, 5.41) is 1.04. The molecule has 1 atom stereocenters. The molecular formula is C15H21NO2. The Labute approximate surface area is 108 Å². The highest BCUT2D eigenvalue weighted by molar-refractivity contribution is 5.79. The number of nitrogens with two attached hydrogens (primary N) is 1. The van der Waals surface area contributed by atoms with Gasteiger partial charge in [0.05, 0.1) is 12.6 Å². The van der Waals surface area contributed by atoms with Gasteiger partial charge in [-0.1, -0.05) is 20.8 Å². The maximum absolute atomic E-state index is 6.21. The van der Waals surface area contributed by atoms with Crippen LogP contribution in [0, 0.1) is 5.41 Å². The van der Waals surface area contributed by atoms with E-state index in [1.165, 1.54) is 0 Å². The minimum absolute atomic E-state index is 0.0172. The van der Waals surface area contributed by atoms with Gasteiger partial charge in [-0.05, 0) is 36.6 Å². The first-order valence-electron chi connectivity index (χ1n) is 6.33. The van der Waals surface area contributed by atoms with Crippen LogP contribution in [0.4, 0.5) is 0 Å². The quantitative estimate of drug-likeness (QED) is 0.895. The highest BCUT2D eigenvalue weighted by atomic mass is 16.5. The van der Waals surface area contributed by atoms with Gasteiger partial charge in [-0.2, -0.15) is 0 Å². The fraction of sp³-hybridized carbons (Fsp3) is 0.467. The smallest absolute Gasteiger partial charge is 0.134 e. The van der Waals surface area contributed by atoms with Gasteiger partial charge in [0.2, 0.25) is 0 Å². The maximum Gasteiger partial charge on any atom is 0.134 e. The lowest BCUT2D eigenvalue weighted by molar-refractivity contribution is 0.290. The lowest BCUT2D eigenvalue weighted by Gasteiger charge is -2.24. The predicted molar refractivity (Wildman–Crippen MR) is 73.8 cm³/mol. The van der Waals surface area contributed by atoms with E-state index in [4.69, 9.17) is 14.9 Å². The molecule has 0 radical (unpaired) electrons. The molecule has 0 fully saturated rings. The molecule has 2 N–H and O–H groups in total. The molecule has 18 heavy (non-hydrogen) atoms. The van der Waals surface area contributed by atoms with E-state index in [0.29, 0.717) is 6.61 Å². The minimum atomic E-state index is -0.111. The summed E-state index contributed by atoms with van der Waals surface area (Å²) in [4.78, 5) is 0. The Hall–Kier alpha value is -1.48. The Morgan fingerprint density at radius 3 is 2.61 bits per heavy atom. The molecule has 0 spiro atoms. The summed E-state index contributed by atoms with van der Waals surface area (Å²) < 4.78 is 11.3. The molecule has 0 saturated heterocycles. The molecule has 1 aromatic heterocycles. The van der Waals surface area contributed by atoms with E-state index in [1.807, 2.05) is 31.2 Å². The zero-order chi connectivity index (χ0) is 13.3. The van der Waals surface area contributed by atoms with Gasteiger partial charge in [0.15, 0.2) is 0 Å². The SMILES string of the molecule is CCOc1ccc2oc(C(N)C(C)(C)C)cc2c1. The summed E-state index contributed by atoms with van der Waals surface area (Å²) in [5.41, 5.74) is 7.05. The van der Waals surface area contributed by atoms with Crippen molar-refractivity contribution in [3.8, 4) is 5.75 Å². The first-order chi connectivity index (χ1) is 8.41. The van der Waals surface area contributed by atoms with E-state index in [9.17, 15) is 0 Å². The van der Waals surface area contributed by atoms with E-state index in [-0.39, 0.29) is 11.5 Å². The summed E-state index contributed by atoms with van der Waals surface area (Å²) in [5.74, 6) is 1.69. The topological polar surface area (TPSA) is 48.4 Å². The van der Waals surface area contributed by atoms with E-state index in [2.05, 4.69) is 20.8 Å². The first kappa shape index (κ1) is 13.0. The van der Waals surface area contributed by atoms with Crippen molar-refractivity contribution < 1.29 is 9.15 Å². The molecule has 3 nitrogen and oxygen atoms in total. The first-order valence-corrected chi connectivity index (χ1v) is 6.33. The van der Waals surface area contributed by atoms with Gasteiger partial charge in [-0.15, -0.1) is 0 Å². The maximum atomic E-state index is 6.21. The van der Waals surface area contributed by atoms with Crippen molar-refractivity contribution in [2.24, 2.45) is 11.1 Å². The van der Waals surface area contributed by atoms with Gasteiger partial charge >= 0.3 is 0 Å². The van der Waals surface area contributed by atoms with Gasteiger partial charge < -0.3 is 14.9 Å². The molecule has 0 bridgehead atoms. The fourth-order valence-electron chi connectivity index (χ4n) is 1.88. The van der Waals surface area contributed by atoms with Crippen molar-refractivity contribution in [2.75, 3.05) is 6.61 Å². The van der Waals surface area contributed by atoms with Gasteiger partial charge in [0.1, 0.15) is 17.1 Å². The third-order valence-electron chi connectivity index (χ3n) is 3.06. The monoisotopic (exact) mass is 247 g/mol. The molecule has 0 aliphatic heterocycles. The Morgan fingerprint density at radius 2 is 2.00 bits per heavy atom. The number of furan rings is 1. The number of rotatable bonds is 3. The second-order valence-corrected chi connectivity index (χ2v) is 5.63. The molecule has 0 aliphatic rings. The van der Waals surface area contributed by atoms with Gasteiger partial charge in [-0.25, -0.2) is 0 Å². The summed E-state index contributed by atoms with van der Waals surface area (Å²) in [6.45, 7) is 8.96. The van der Waals surface area contributed by atoms with E-state index in [1.54, 1.807) is 0 Å². The average molecular weight is 247 g/mol. The molecule has 3 heteroatoms. The zero-order valence-electron chi connectivity index (χ0n) is 11.5. The molecule has 0 saturated carbocycles. The molecule has 1 aromatic carbocycles. The summed E-state index contributed by atoms with van der Waals surface area (Å²) >= 11 is 0. The van der Waals surface area contributed by atoms with Crippen molar-refractivity contribution in [1.29, 1.82) is 0 Å². The van der Waals surface area contributed by atoms with Gasteiger partial charge in [0, 0.05) is 5.39 Å². The van der Waals surface area contributed by atoms with Crippen LogP contribution in [0.2, 0.25) is 0 Å². The minimum Gasteiger partial charge on any atom is -0.494 e. The second-order valence-electron chi connectivity index (χ2n) is 5.63. The third kappa shape index (κ3) is 2.51. The molecular weight excluding hydrogens is 226 g/mol. The largest absolute Gasteiger partial charge is 0.494 e. The number of ether oxygens (including phenoxy) is 1. The zero-order valence-corrected chi connectivity index (χ0v) is 11.5.